The van der Waals surface area contributed by atoms with Crippen LogP contribution in [0.4, 0.5) is 5.69 Å². The van der Waals surface area contributed by atoms with Gasteiger partial charge in [0, 0.05) is 24.4 Å². The molecule has 0 aliphatic heterocycles. The van der Waals surface area contributed by atoms with Crippen molar-refractivity contribution in [3.05, 3.63) is 84.3 Å². The molecule has 2 aromatic heterocycles. The van der Waals surface area contributed by atoms with Gasteiger partial charge in [-0.1, -0.05) is 48.0 Å². The van der Waals surface area contributed by atoms with Gasteiger partial charge in [0.2, 0.25) is 0 Å². The highest BCUT2D eigenvalue weighted by Crippen LogP contribution is 2.24. The lowest BCUT2D eigenvalue weighted by molar-refractivity contribution is -0.113. The van der Waals surface area contributed by atoms with Gasteiger partial charge < -0.3 is 9.32 Å². The minimum absolute atomic E-state index is 0.269. The average Bonchev–Trinajstić information content (AvgIpc) is 3.44. The second-order valence-electron chi connectivity index (χ2n) is 6.53. The number of hydrogen-bond acceptors (Lipinski definition) is 5. The molecule has 0 atom stereocenters. The van der Waals surface area contributed by atoms with Crippen molar-refractivity contribution in [1.29, 1.82) is 0 Å². The summed E-state index contributed by atoms with van der Waals surface area (Å²) in [7, 11) is 1.72. The summed E-state index contributed by atoms with van der Waals surface area (Å²) in [6.07, 6.45) is 3.19. The van der Waals surface area contributed by atoms with Crippen LogP contribution in [0.2, 0.25) is 0 Å². The van der Waals surface area contributed by atoms with Gasteiger partial charge in [0.25, 0.3) is 5.91 Å². The Morgan fingerprint density at radius 1 is 1.03 bits per heavy atom. The first-order valence-electron chi connectivity index (χ1n) is 9.07. The predicted molar refractivity (Wildman–Crippen MR) is 111 cm³/mol. The molecular formula is C22H19N5O2. The van der Waals surface area contributed by atoms with Gasteiger partial charge in [0.15, 0.2) is 5.82 Å². The maximum atomic E-state index is 13.4. The molecule has 2 heterocycles. The molecule has 0 bridgehead atoms. The molecule has 2 aromatic carbocycles. The summed E-state index contributed by atoms with van der Waals surface area (Å²) in [6, 6.07) is 20.7. The molecule has 0 N–H and O–H groups in total. The highest BCUT2D eigenvalue weighted by atomic mass is 16.3. The third kappa shape index (κ3) is 3.84. The molecule has 29 heavy (non-hydrogen) atoms. The number of tetrazole rings is 1. The minimum atomic E-state index is -0.269. The fourth-order valence-electron chi connectivity index (χ4n) is 2.90. The van der Waals surface area contributed by atoms with E-state index in [9.17, 15) is 4.79 Å². The Labute approximate surface area is 167 Å². The Kier molecular flexibility index (Phi) is 5.03. The van der Waals surface area contributed by atoms with Crippen LogP contribution in [0.5, 0.6) is 0 Å². The summed E-state index contributed by atoms with van der Waals surface area (Å²) in [4.78, 5) is 15.0. The quantitative estimate of drug-likeness (QED) is 0.487. The molecule has 0 aliphatic rings. The van der Waals surface area contributed by atoms with E-state index in [1.54, 1.807) is 36.4 Å². The van der Waals surface area contributed by atoms with E-state index in [1.807, 2.05) is 61.5 Å². The van der Waals surface area contributed by atoms with Crippen LogP contribution in [0.15, 0.2) is 77.4 Å². The maximum Gasteiger partial charge on any atom is 0.276 e. The minimum Gasteiger partial charge on any atom is -0.465 e. The lowest BCUT2D eigenvalue weighted by Crippen LogP contribution is -2.29. The first-order valence-corrected chi connectivity index (χ1v) is 9.07. The van der Waals surface area contributed by atoms with Crippen LogP contribution in [0, 0.1) is 6.92 Å². The zero-order valence-electron chi connectivity index (χ0n) is 16.1. The largest absolute Gasteiger partial charge is 0.465 e. The number of anilines is 1. The Balaban J connectivity index is 1.79. The number of aromatic nitrogens is 4. The molecule has 144 valence electrons. The summed E-state index contributed by atoms with van der Waals surface area (Å²) in [5.74, 6) is 0.726. The van der Waals surface area contributed by atoms with Crippen molar-refractivity contribution in [1.82, 2.24) is 20.2 Å². The molecule has 1 amide bonds. The van der Waals surface area contributed by atoms with E-state index in [1.165, 1.54) is 4.68 Å². The van der Waals surface area contributed by atoms with E-state index >= 15 is 0 Å². The fraction of sp³-hybridized carbons (Fsp3) is 0.0909. The second kappa shape index (κ2) is 7.93. The van der Waals surface area contributed by atoms with E-state index in [0.29, 0.717) is 11.6 Å². The van der Waals surface area contributed by atoms with Crippen LogP contribution >= 0.6 is 0 Å². The highest BCUT2D eigenvalue weighted by molar-refractivity contribution is 6.25. The molecule has 4 aromatic rings. The summed E-state index contributed by atoms with van der Waals surface area (Å²) >= 11 is 0. The van der Waals surface area contributed by atoms with Gasteiger partial charge >= 0.3 is 0 Å². The van der Waals surface area contributed by atoms with Gasteiger partial charge in [-0.15, -0.1) is 5.10 Å². The third-order valence-corrected chi connectivity index (χ3v) is 4.50. The molecule has 0 radical (unpaired) electrons. The highest BCUT2D eigenvalue weighted by Gasteiger charge is 2.23. The van der Waals surface area contributed by atoms with Crippen LogP contribution in [0.3, 0.4) is 0 Å². The fourth-order valence-corrected chi connectivity index (χ4v) is 2.90. The van der Waals surface area contributed by atoms with E-state index in [0.717, 1.165) is 16.8 Å². The zero-order chi connectivity index (χ0) is 20.2. The number of likely N-dealkylation sites (N-methyl/N-ethyl adjacent to an activating group) is 1. The van der Waals surface area contributed by atoms with Crippen molar-refractivity contribution < 1.29 is 9.21 Å². The number of amides is 1. The molecular weight excluding hydrogens is 366 g/mol. The Morgan fingerprint density at radius 3 is 2.48 bits per heavy atom. The topological polar surface area (TPSA) is 77.0 Å². The van der Waals surface area contributed by atoms with E-state index < -0.39 is 0 Å². The molecule has 0 unspecified atom stereocenters. The first-order chi connectivity index (χ1) is 14.1. The van der Waals surface area contributed by atoms with Crippen LogP contribution in [0.1, 0.15) is 11.3 Å². The number of furan rings is 1. The van der Waals surface area contributed by atoms with Crippen molar-refractivity contribution in [2.75, 3.05) is 11.9 Å². The lowest BCUT2D eigenvalue weighted by atomic mass is 10.2. The smallest absolute Gasteiger partial charge is 0.276 e. The number of benzene rings is 2. The Bertz CT molecular complexity index is 1130. The van der Waals surface area contributed by atoms with Crippen molar-refractivity contribution in [2.24, 2.45) is 0 Å². The average molecular weight is 385 g/mol. The molecule has 0 aliphatic carbocycles. The number of carbonyl (C=O) groups excluding carboxylic acids is 1. The van der Waals surface area contributed by atoms with Crippen molar-refractivity contribution in [3.63, 3.8) is 0 Å². The lowest BCUT2D eigenvalue weighted by Gasteiger charge is -2.19. The zero-order valence-corrected chi connectivity index (χ0v) is 16.1. The van der Waals surface area contributed by atoms with Crippen LogP contribution < -0.4 is 4.90 Å². The molecule has 7 heteroatoms. The maximum absolute atomic E-state index is 13.4. The summed E-state index contributed by atoms with van der Waals surface area (Å²) in [5.41, 5.74) is 2.95. The normalized spacial score (nSPS) is 11.4. The van der Waals surface area contributed by atoms with Crippen LogP contribution in [0.25, 0.3) is 23.2 Å². The van der Waals surface area contributed by atoms with Crippen LogP contribution in [-0.4, -0.2) is 33.2 Å². The number of carbonyl (C=O) groups is 1. The summed E-state index contributed by atoms with van der Waals surface area (Å²) < 4.78 is 6.87. The molecule has 0 fully saturated rings. The van der Waals surface area contributed by atoms with Gasteiger partial charge in [0.1, 0.15) is 11.5 Å². The van der Waals surface area contributed by atoms with Crippen molar-refractivity contribution in [3.8, 4) is 11.4 Å². The molecule has 4 rings (SSSR count). The van der Waals surface area contributed by atoms with Gasteiger partial charge in [-0.05, 0) is 41.6 Å². The van der Waals surface area contributed by atoms with Crippen molar-refractivity contribution >= 4 is 23.4 Å². The number of aryl methyl sites for hydroxylation is 1. The van der Waals surface area contributed by atoms with E-state index in [2.05, 4.69) is 15.5 Å². The van der Waals surface area contributed by atoms with E-state index in [4.69, 9.17) is 4.42 Å². The van der Waals surface area contributed by atoms with Crippen LogP contribution in [-0.2, 0) is 4.79 Å². The number of rotatable bonds is 5. The molecule has 7 nitrogen and oxygen atoms in total. The molecule has 0 saturated carbocycles. The molecule has 0 spiro atoms. The summed E-state index contributed by atoms with van der Waals surface area (Å²) in [5, 5.41) is 12.0. The number of nitrogens with zero attached hydrogens (tertiary/aromatic N) is 5. The second-order valence-corrected chi connectivity index (χ2v) is 6.53. The monoisotopic (exact) mass is 385 g/mol. The van der Waals surface area contributed by atoms with Gasteiger partial charge in [-0.3, -0.25) is 4.79 Å². The number of hydrogen-bond donors (Lipinski definition) is 0. The standard InChI is InChI=1S/C22H19N5O2/c1-16-10-12-18(13-11-16)26(2)22(28)20(15-19-9-6-14-29-19)27-21(23-24-25-27)17-7-4-3-5-8-17/h3-15H,1-2H3/b20-15-. The first kappa shape index (κ1) is 18.4. The van der Waals surface area contributed by atoms with Gasteiger partial charge in [-0.2, -0.15) is 4.68 Å². The SMILES string of the molecule is Cc1ccc(N(C)C(=O)/C(=C/c2ccco2)n2nnnc2-c2ccccc2)cc1. The Hall–Kier alpha value is -4.00. The molecule has 0 saturated heterocycles. The third-order valence-electron chi connectivity index (χ3n) is 4.50. The summed E-state index contributed by atoms with van der Waals surface area (Å²) in [6.45, 7) is 2.00. The van der Waals surface area contributed by atoms with Gasteiger partial charge in [0.05, 0.1) is 6.26 Å². The predicted octanol–water partition coefficient (Wildman–Crippen LogP) is 3.90. The van der Waals surface area contributed by atoms with Gasteiger partial charge in [-0.25, -0.2) is 0 Å². The Morgan fingerprint density at radius 2 is 1.79 bits per heavy atom. The van der Waals surface area contributed by atoms with Crippen molar-refractivity contribution in [2.45, 2.75) is 6.92 Å². The van der Waals surface area contributed by atoms with E-state index in [-0.39, 0.29) is 11.6 Å².